The highest BCUT2D eigenvalue weighted by Gasteiger charge is 2.29. The molecule has 100 valence electrons. The number of nitrogens with one attached hydrogen (secondary N) is 1. The maximum Gasteiger partial charge on any atom is 0.344 e. The molecule has 1 fully saturated rings. The Labute approximate surface area is 111 Å². The van der Waals surface area contributed by atoms with Gasteiger partial charge < -0.3 is 10.5 Å². The van der Waals surface area contributed by atoms with Crippen LogP contribution in [0.1, 0.15) is 18.9 Å². The number of aromatic nitrogens is 6. The van der Waals surface area contributed by atoms with E-state index in [1.807, 2.05) is 0 Å². The first-order valence-electron chi connectivity index (χ1n) is 5.57. The van der Waals surface area contributed by atoms with Crippen LogP contribution in [-0.2, 0) is 0 Å². The van der Waals surface area contributed by atoms with Crippen molar-refractivity contribution < 1.29 is 4.74 Å². The molecule has 0 spiro atoms. The minimum absolute atomic E-state index is 0.0604. The lowest BCUT2D eigenvalue weighted by atomic mass is 10.7. The zero-order valence-electron chi connectivity index (χ0n) is 10.0. The predicted octanol–water partition coefficient (Wildman–Crippen LogP) is -0.167. The van der Waals surface area contributed by atoms with Gasteiger partial charge in [-0.3, -0.25) is 4.57 Å². The second-order valence-electron chi connectivity index (χ2n) is 3.98. The first-order chi connectivity index (χ1) is 9.17. The molecule has 0 aliphatic heterocycles. The summed E-state index contributed by atoms with van der Waals surface area (Å²) < 4.78 is 6.52. The second kappa shape index (κ2) is 4.53. The van der Waals surface area contributed by atoms with Gasteiger partial charge in [-0.15, -0.1) is 5.10 Å². The molecule has 0 bridgehead atoms. The Morgan fingerprint density at radius 3 is 2.89 bits per heavy atom. The fraction of sp³-hybridized carbons (Fsp3) is 0.444. The quantitative estimate of drug-likeness (QED) is 0.791. The Bertz CT molecular complexity index is 663. The lowest BCUT2D eigenvalue weighted by molar-refractivity contribution is 0.374. The largest absolute Gasteiger partial charge is 0.467 e. The van der Waals surface area contributed by atoms with E-state index in [2.05, 4.69) is 25.1 Å². The minimum atomic E-state index is -0.223. The van der Waals surface area contributed by atoms with Crippen molar-refractivity contribution >= 4 is 17.7 Å². The molecule has 0 amide bonds. The van der Waals surface area contributed by atoms with Crippen molar-refractivity contribution in [3.05, 3.63) is 10.5 Å². The number of hydrogen-bond donors (Lipinski definition) is 2. The van der Waals surface area contributed by atoms with E-state index in [4.69, 9.17) is 10.5 Å². The van der Waals surface area contributed by atoms with E-state index < -0.39 is 0 Å². The Balaban J connectivity index is 1.93. The van der Waals surface area contributed by atoms with Crippen molar-refractivity contribution in [3.8, 4) is 6.01 Å². The number of ether oxygens (including phenoxy) is 1. The summed E-state index contributed by atoms with van der Waals surface area (Å²) in [4.78, 5) is 23.4. The van der Waals surface area contributed by atoms with Crippen LogP contribution in [0.15, 0.2) is 15.1 Å². The monoisotopic (exact) mass is 281 g/mol. The van der Waals surface area contributed by atoms with Gasteiger partial charge in [0.05, 0.1) is 7.11 Å². The number of H-pyrrole nitrogens is 1. The van der Waals surface area contributed by atoms with Crippen LogP contribution >= 0.6 is 11.8 Å². The zero-order valence-corrected chi connectivity index (χ0v) is 10.8. The van der Waals surface area contributed by atoms with E-state index in [1.165, 1.54) is 7.11 Å². The normalized spacial score (nSPS) is 14.6. The van der Waals surface area contributed by atoms with Crippen LogP contribution in [0.5, 0.6) is 6.01 Å². The summed E-state index contributed by atoms with van der Waals surface area (Å²) in [5, 5.41) is 7.24. The molecule has 10 heteroatoms. The van der Waals surface area contributed by atoms with Gasteiger partial charge in [0.1, 0.15) is 0 Å². The first kappa shape index (κ1) is 12.0. The first-order valence-corrected chi connectivity index (χ1v) is 6.39. The summed E-state index contributed by atoms with van der Waals surface area (Å²) in [7, 11) is 1.44. The lowest BCUT2D eigenvalue weighted by Crippen LogP contribution is -2.16. The Morgan fingerprint density at radius 2 is 2.21 bits per heavy atom. The fourth-order valence-electron chi connectivity index (χ4n) is 1.59. The van der Waals surface area contributed by atoms with E-state index >= 15 is 0 Å². The number of methoxy groups -OCH3 is 1. The van der Waals surface area contributed by atoms with Gasteiger partial charge in [-0.05, 0) is 24.6 Å². The van der Waals surface area contributed by atoms with Gasteiger partial charge >= 0.3 is 11.7 Å². The molecule has 0 saturated heterocycles. The topological polar surface area (TPSA) is 125 Å². The number of nitrogens with two attached hydrogens (primary N) is 1. The SMILES string of the molecule is COc1nc(N)nc(Sc2n[nH]c(=O)n2C2CC2)n1. The molecule has 19 heavy (non-hydrogen) atoms. The highest BCUT2D eigenvalue weighted by atomic mass is 32.2. The van der Waals surface area contributed by atoms with Crippen molar-refractivity contribution in [2.24, 2.45) is 0 Å². The van der Waals surface area contributed by atoms with E-state index in [-0.39, 0.29) is 23.7 Å². The average Bonchev–Trinajstić information content (AvgIpc) is 3.14. The molecule has 1 saturated carbocycles. The molecule has 1 aliphatic rings. The third-order valence-corrected chi connectivity index (χ3v) is 3.40. The highest BCUT2D eigenvalue weighted by Crippen LogP contribution is 2.37. The van der Waals surface area contributed by atoms with Crippen molar-refractivity contribution in [2.75, 3.05) is 12.8 Å². The number of nitrogens with zero attached hydrogens (tertiary/aromatic N) is 5. The molecule has 0 unspecified atom stereocenters. The summed E-state index contributed by atoms with van der Waals surface area (Å²) in [5.74, 6) is 0.0604. The van der Waals surface area contributed by atoms with Gasteiger partial charge in [-0.25, -0.2) is 9.89 Å². The maximum atomic E-state index is 11.6. The predicted molar refractivity (Wildman–Crippen MR) is 66.0 cm³/mol. The van der Waals surface area contributed by atoms with Crippen molar-refractivity contribution in [2.45, 2.75) is 29.2 Å². The molecule has 0 atom stereocenters. The Kier molecular flexibility index (Phi) is 2.85. The van der Waals surface area contributed by atoms with Crippen LogP contribution in [0.3, 0.4) is 0 Å². The van der Waals surface area contributed by atoms with E-state index in [9.17, 15) is 4.79 Å². The van der Waals surface area contributed by atoms with Crippen molar-refractivity contribution in [1.82, 2.24) is 29.7 Å². The number of anilines is 1. The van der Waals surface area contributed by atoms with Gasteiger partial charge in [0.2, 0.25) is 11.1 Å². The van der Waals surface area contributed by atoms with Crippen LogP contribution in [-0.4, -0.2) is 36.8 Å². The summed E-state index contributed by atoms with van der Waals surface area (Å²) in [5.41, 5.74) is 5.33. The zero-order chi connectivity index (χ0) is 13.4. The second-order valence-corrected chi connectivity index (χ2v) is 4.91. The Hall–Kier alpha value is -2.10. The molecule has 2 aromatic heterocycles. The molecule has 0 radical (unpaired) electrons. The van der Waals surface area contributed by atoms with Gasteiger partial charge in [0, 0.05) is 6.04 Å². The number of rotatable bonds is 4. The fourth-order valence-corrected chi connectivity index (χ4v) is 2.44. The van der Waals surface area contributed by atoms with E-state index in [0.29, 0.717) is 10.3 Å². The van der Waals surface area contributed by atoms with Crippen molar-refractivity contribution in [3.63, 3.8) is 0 Å². The van der Waals surface area contributed by atoms with Gasteiger partial charge in [-0.2, -0.15) is 15.0 Å². The van der Waals surface area contributed by atoms with Crippen LogP contribution in [0.2, 0.25) is 0 Å². The van der Waals surface area contributed by atoms with Gasteiger partial charge in [0.25, 0.3) is 0 Å². The van der Waals surface area contributed by atoms with Crippen molar-refractivity contribution in [1.29, 1.82) is 0 Å². The summed E-state index contributed by atoms with van der Waals surface area (Å²) in [6, 6.07) is 0.348. The van der Waals surface area contributed by atoms with Gasteiger partial charge in [-0.1, -0.05) is 0 Å². The number of nitrogen functional groups attached to an aromatic ring is 1. The third kappa shape index (κ3) is 2.38. The molecular weight excluding hydrogens is 270 g/mol. The third-order valence-electron chi connectivity index (χ3n) is 2.56. The molecule has 1 aliphatic carbocycles. The lowest BCUT2D eigenvalue weighted by Gasteiger charge is -2.04. The minimum Gasteiger partial charge on any atom is -0.467 e. The molecule has 2 aromatic rings. The summed E-state index contributed by atoms with van der Waals surface area (Å²) >= 11 is 1.15. The smallest absolute Gasteiger partial charge is 0.344 e. The van der Waals surface area contributed by atoms with Crippen LogP contribution in [0, 0.1) is 0 Å². The van der Waals surface area contributed by atoms with Gasteiger partial charge in [0.15, 0.2) is 5.16 Å². The molecule has 9 nitrogen and oxygen atoms in total. The summed E-state index contributed by atoms with van der Waals surface area (Å²) in [6.45, 7) is 0. The van der Waals surface area contributed by atoms with E-state index in [1.54, 1.807) is 4.57 Å². The Morgan fingerprint density at radius 1 is 1.42 bits per heavy atom. The molecule has 0 aromatic carbocycles. The maximum absolute atomic E-state index is 11.6. The number of aromatic amines is 1. The average molecular weight is 281 g/mol. The highest BCUT2D eigenvalue weighted by molar-refractivity contribution is 7.99. The summed E-state index contributed by atoms with van der Waals surface area (Å²) in [6.07, 6.45) is 1.96. The van der Waals surface area contributed by atoms with Crippen LogP contribution < -0.4 is 16.2 Å². The van der Waals surface area contributed by atoms with Crippen LogP contribution in [0.4, 0.5) is 5.95 Å². The molecular formula is C9H11N7O2S. The standard InChI is InChI=1S/C9H11N7O2S/c1-18-6-11-5(10)12-7(13-6)19-9-15-14-8(17)16(9)4-2-3-4/h4H,2-3H2,1H3,(H,14,17)(H2,10,11,12,13). The molecule has 3 N–H and O–H groups in total. The molecule has 3 rings (SSSR count). The van der Waals surface area contributed by atoms with Crippen LogP contribution in [0.25, 0.3) is 0 Å². The number of hydrogen-bond acceptors (Lipinski definition) is 8. The molecule has 2 heterocycles. The van der Waals surface area contributed by atoms with E-state index in [0.717, 1.165) is 24.6 Å².